The van der Waals surface area contributed by atoms with Gasteiger partial charge in [-0.1, -0.05) is 6.07 Å². The van der Waals surface area contributed by atoms with E-state index >= 15 is 0 Å². The Labute approximate surface area is 94.3 Å². The van der Waals surface area contributed by atoms with E-state index in [0.717, 1.165) is 11.3 Å². The number of nitrogens with one attached hydrogen (secondary N) is 1. The molecular weight excluding hydrogens is 200 g/mol. The lowest BCUT2D eigenvalue weighted by Crippen LogP contribution is -2.05. The van der Waals surface area contributed by atoms with Gasteiger partial charge < -0.3 is 9.73 Å². The third kappa shape index (κ3) is 2.23. The highest BCUT2D eigenvalue weighted by Crippen LogP contribution is 2.19. The highest BCUT2D eigenvalue weighted by atomic mass is 16.3. The summed E-state index contributed by atoms with van der Waals surface area (Å²) in [5.41, 5.74) is 2.68. The minimum atomic E-state index is 0.160. The van der Waals surface area contributed by atoms with Crippen molar-refractivity contribution in [2.45, 2.75) is 13.0 Å². The van der Waals surface area contributed by atoms with E-state index in [0.29, 0.717) is 5.56 Å². The fourth-order valence-electron chi connectivity index (χ4n) is 1.53. The summed E-state index contributed by atoms with van der Waals surface area (Å²) in [7, 11) is 0. The van der Waals surface area contributed by atoms with Crippen molar-refractivity contribution in [1.29, 1.82) is 5.26 Å². The lowest BCUT2D eigenvalue weighted by atomic mass is 10.1. The third-order valence-electron chi connectivity index (χ3n) is 2.42. The van der Waals surface area contributed by atoms with Crippen LogP contribution in [-0.4, -0.2) is 0 Å². The average Bonchev–Trinajstić information content (AvgIpc) is 2.83. The second-order valence-corrected chi connectivity index (χ2v) is 3.62. The van der Waals surface area contributed by atoms with Crippen LogP contribution in [0.2, 0.25) is 0 Å². The molecule has 0 saturated heterocycles. The molecule has 1 N–H and O–H groups in total. The quantitative estimate of drug-likeness (QED) is 0.848. The van der Waals surface area contributed by atoms with Gasteiger partial charge >= 0.3 is 0 Å². The third-order valence-corrected chi connectivity index (χ3v) is 2.42. The summed E-state index contributed by atoms with van der Waals surface area (Å²) in [5.74, 6) is 0. The van der Waals surface area contributed by atoms with Gasteiger partial charge in [-0.3, -0.25) is 0 Å². The fraction of sp³-hybridized carbons (Fsp3) is 0.154. The molecule has 0 radical (unpaired) electrons. The van der Waals surface area contributed by atoms with Gasteiger partial charge in [-0.25, -0.2) is 0 Å². The molecule has 0 saturated carbocycles. The van der Waals surface area contributed by atoms with Crippen LogP contribution in [0, 0.1) is 11.3 Å². The summed E-state index contributed by atoms with van der Waals surface area (Å²) in [5, 5.41) is 12.1. The Morgan fingerprint density at radius 2 is 2.25 bits per heavy atom. The number of nitrogens with zero attached hydrogens (tertiary/aromatic N) is 1. The molecule has 1 atom stereocenters. The van der Waals surface area contributed by atoms with Crippen LogP contribution in [0.25, 0.3) is 0 Å². The molecule has 80 valence electrons. The highest BCUT2D eigenvalue weighted by molar-refractivity contribution is 5.50. The van der Waals surface area contributed by atoms with Crippen LogP contribution in [0.3, 0.4) is 0 Å². The first-order chi connectivity index (χ1) is 7.79. The Morgan fingerprint density at radius 3 is 2.94 bits per heavy atom. The van der Waals surface area contributed by atoms with E-state index in [1.807, 2.05) is 31.2 Å². The Bertz CT molecular complexity index is 497. The first-order valence-corrected chi connectivity index (χ1v) is 5.08. The van der Waals surface area contributed by atoms with Gasteiger partial charge in [0, 0.05) is 11.3 Å². The normalized spacial score (nSPS) is 11.8. The Hall–Kier alpha value is -2.21. The van der Waals surface area contributed by atoms with Crippen molar-refractivity contribution in [3.63, 3.8) is 0 Å². The molecule has 1 aromatic carbocycles. The number of benzene rings is 1. The van der Waals surface area contributed by atoms with E-state index in [1.165, 1.54) is 0 Å². The molecule has 3 nitrogen and oxygen atoms in total. The summed E-state index contributed by atoms with van der Waals surface area (Å²) >= 11 is 0. The largest absolute Gasteiger partial charge is 0.472 e. The van der Waals surface area contributed by atoms with Gasteiger partial charge in [0.05, 0.1) is 30.2 Å². The van der Waals surface area contributed by atoms with Crippen LogP contribution in [0.5, 0.6) is 0 Å². The van der Waals surface area contributed by atoms with Crippen molar-refractivity contribution in [2.24, 2.45) is 0 Å². The van der Waals surface area contributed by atoms with E-state index in [4.69, 9.17) is 9.68 Å². The molecule has 0 aliphatic carbocycles. The zero-order chi connectivity index (χ0) is 11.4. The lowest BCUT2D eigenvalue weighted by molar-refractivity contribution is 0.562. The van der Waals surface area contributed by atoms with Crippen LogP contribution in [0.1, 0.15) is 24.1 Å². The molecule has 0 amide bonds. The minimum absolute atomic E-state index is 0.160. The molecule has 0 bridgehead atoms. The van der Waals surface area contributed by atoms with Crippen LogP contribution in [0.4, 0.5) is 5.69 Å². The van der Waals surface area contributed by atoms with E-state index < -0.39 is 0 Å². The number of anilines is 1. The predicted octanol–water partition coefficient (Wildman–Crippen LogP) is 3.32. The minimum Gasteiger partial charge on any atom is -0.472 e. The van der Waals surface area contributed by atoms with Gasteiger partial charge in [-0.15, -0.1) is 0 Å². The molecular formula is C13H12N2O. The van der Waals surface area contributed by atoms with E-state index in [9.17, 15) is 0 Å². The van der Waals surface area contributed by atoms with Crippen molar-refractivity contribution in [1.82, 2.24) is 0 Å². The molecule has 0 aliphatic rings. The zero-order valence-corrected chi connectivity index (χ0v) is 8.97. The van der Waals surface area contributed by atoms with Crippen molar-refractivity contribution < 1.29 is 4.42 Å². The first kappa shape index (κ1) is 10.3. The summed E-state index contributed by atoms with van der Waals surface area (Å²) in [6, 6.07) is 11.6. The second kappa shape index (κ2) is 4.54. The van der Waals surface area contributed by atoms with Gasteiger partial charge in [0.15, 0.2) is 0 Å². The lowest BCUT2D eigenvalue weighted by Gasteiger charge is -2.13. The highest BCUT2D eigenvalue weighted by Gasteiger charge is 2.06. The molecule has 3 heteroatoms. The van der Waals surface area contributed by atoms with Gasteiger partial charge in [-0.2, -0.15) is 5.26 Å². The molecule has 2 aromatic rings. The summed E-state index contributed by atoms with van der Waals surface area (Å²) in [6.45, 7) is 2.05. The van der Waals surface area contributed by atoms with Crippen molar-refractivity contribution >= 4 is 5.69 Å². The molecule has 1 heterocycles. The molecule has 0 aliphatic heterocycles. The van der Waals surface area contributed by atoms with E-state index in [2.05, 4.69) is 11.4 Å². The van der Waals surface area contributed by atoms with E-state index in [-0.39, 0.29) is 6.04 Å². The summed E-state index contributed by atoms with van der Waals surface area (Å²) in [4.78, 5) is 0. The zero-order valence-electron chi connectivity index (χ0n) is 8.97. The number of rotatable bonds is 3. The smallest absolute Gasteiger partial charge is 0.0992 e. The number of furan rings is 1. The molecule has 0 spiro atoms. The van der Waals surface area contributed by atoms with Gasteiger partial charge in [0.1, 0.15) is 0 Å². The van der Waals surface area contributed by atoms with Crippen LogP contribution in [0.15, 0.2) is 47.3 Å². The predicted molar refractivity (Wildman–Crippen MR) is 61.9 cm³/mol. The van der Waals surface area contributed by atoms with Crippen molar-refractivity contribution in [3.8, 4) is 6.07 Å². The van der Waals surface area contributed by atoms with Crippen LogP contribution >= 0.6 is 0 Å². The Kier molecular flexibility index (Phi) is 2.93. The fourth-order valence-corrected chi connectivity index (χ4v) is 1.53. The van der Waals surface area contributed by atoms with Crippen LogP contribution < -0.4 is 5.32 Å². The maximum atomic E-state index is 8.79. The monoisotopic (exact) mass is 212 g/mol. The number of hydrogen-bond acceptors (Lipinski definition) is 3. The van der Waals surface area contributed by atoms with Crippen molar-refractivity contribution in [2.75, 3.05) is 5.32 Å². The van der Waals surface area contributed by atoms with Gasteiger partial charge in [0.2, 0.25) is 0 Å². The van der Waals surface area contributed by atoms with Crippen molar-refractivity contribution in [3.05, 3.63) is 54.0 Å². The van der Waals surface area contributed by atoms with Gasteiger partial charge in [-0.05, 0) is 31.2 Å². The number of hydrogen-bond donors (Lipinski definition) is 1. The topological polar surface area (TPSA) is 49.0 Å². The average molecular weight is 212 g/mol. The standard InChI is InChI=1S/C13H12N2O/c1-10(12-5-6-16-9-12)15-13-4-2-3-11(7-13)8-14/h2-7,9-10,15H,1H3. The Balaban J connectivity index is 2.12. The SMILES string of the molecule is CC(Nc1cccc(C#N)c1)c1ccoc1. The second-order valence-electron chi connectivity index (χ2n) is 3.62. The number of nitriles is 1. The maximum absolute atomic E-state index is 8.79. The molecule has 2 rings (SSSR count). The first-order valence-electron chi connectivity index (χ1n) is 5.08. The molecule has 1 aromatic heterocycles. The van der Waals surface area contributed by atoms with E-state index in [1.54, 1.807) is 18.6 Å². The maximum Gasteiger partial charge on any atom is 0.0992 e. The summed E-state index contributed by atoms with van der Waals surface area (Å²) < 4.78 is 5.03. The Morgan fingerprint density at radius 1 is 1.38 bits per heavy atom. The van der Waals surface area contributed by atoms with Gasteiger partial charge in [0.25, 0.3) is 0 Å². The molecule has 1 unspecified atom stereocenters. The van der Waals surface area contributed by atoms with Crippen LogP contribution in [-0.2, 0) is 0 Å². The molecule has 0 fully saturated rings. The summed E-state index contributed by atoms with van der Waals surface area (Å²) in [6.07, 6.45) is 3.37. The molecule has 16 heavy (non-hydrogen) atoms.